The molecule has 0 radical (unpaired) electrons. The van der Waals surface area contributed by atoms with Gasteiger partial charge in [0.1, 0.15) is 6.04 Å². The molecule has 0 saturated carbocycles. The quantitative estimate of drug-likeness (QED) is 0.754. The Bertz CT molecular complexity index is 420. The van der Waals surface area contributed by atoms with Crippen LogP contribution in [0.2, 0.25) is 0 Å². The Labute approximate surface area is 113 Å². The molecule has 1 aromatic carbocycles. The number of benzene rings is 1. The first-order valence-electron chi connectivity index (χ1n) is 6.34. The fourth-order valence-corrected chi connectivity index (χ4v) is 1.51. The van der Waals surface area contributed by atoms with Crippen LogP contribution in [0.25, 0.3) is 0 Å². The van der Waals surface area contributed by atoms with Crippen LogP contribution in [0.5, 0.6) is 11.5 Å². The molecule has 0 spiro atoms. The third-order valence-corrected chi connectivity index (χ3v) is 2.67. The molecule has 1 atom stereocenters. The van der Waals surface area contributed by atoms with Crippen molar-refractivity contribution < 1.29 is 19.4 Å². The van der Waals surface area contributed by atoms with Crippen LogP contribution in [-0.4, -0.2) is 30.8 Å². The predicted molar refractivity (Wildman–Crippen MR) is 72.7 cm³/mol. The summed E-state index contributed by atoms with van der Waals surface area (Å²) < 4.78 is 10.8. The first kappa shape index (κ1) is 15.3. The van der Waals surface area contributed by atoms with Crippen molar-refractivity contribution in [3.05, 3.63) is 23.8 Å². The van der Waals surface area contributed by atoms with Crippen LogP contribution in [-0.2, 0) is 11.3 Å². The zero-order chi connectivity index (χ0) is 14.3. The molecule has 0 aliphatic rings. The fraction of sp³-hybridized carbons (Fsp3) is 0.500. The number of rotatable bonds is 8. The SMILES string of the molecule is CCCOc1ccc(CN[C@H](C)C(=O)O)cc1OC. The molecule has 0 aromatic heterocycles. The average Bonchev–Trinajstić information content (AvgIpc) is 2.42. The predicted octanol–water partition coefficient (Wildman–Crippen LogP) is 2.05. The summed E-state index contributed by atoms with van der Waals surface area (Å²) in [5, 5.41) is 11.7. The van der Waals surface area contributed by atoms with Crippen molar-refractivity contribution in [2.75, 3.05) is 13.7 Å². The Morgan fingerprint density at radius 2 is 2.16 bits per heavy atom. The van der Waals surface area contributed by atoms with Crippen molar-refractivity contribution in [1.82, 2.24) is 5.32 Å². The largest absolute Gasteiger partial charge is 0.493 e. The first-order valence-corrected chi connectivity index (χ1v) is 6.34. The third kappa shape index (κ3) is 4.79. The summed E-state index contributed by atoms with van der Waals surface area (Å²) >= 11 is 0. The normalized spacial score (nSPS) is 11.9. The molecule has 106 valence electrons. The van der Waals surface area contributed by atoms with E-state index < -0.39 is 12.0 Å². The molecular formula is C14H21NO4. The number of nitrogens with one attached hydrogen (secondary N) is 1. The van der Waals surface area contributed by atoms with E-state index >= 15 is 0 Å². The molecule has 0 aliphatic carbocycles. The molecule has 5 heteroatoms. The number of methoxy groups -OCH3 is 1. The van der Waals surface area contributed by atoms with Gasteiger partial charge >= 0.3 is 5.97 Å². The molecule has 5 nitrogen and oxygen atoms in total. The Kier molecular flexibility index (Phi) is 6.15. The van der Waals surface area contributed by atoms with E-state index in [2.05, 4.69) is 5.32 Å². The van der Waals surface area contributed by atoms with Gasteiger partial charge in [-0.2, -0.15) is 0 Å². The van der Waals surface area contributed by atoms with Crippen LogP contribution >= 0.6 is 0 Å². The molecule has 1 aromatic rings. The summed E-state index contributed by atoms with van der Waals surface area (Å²) in [6.45, 7) is 4.76. The minimum atomic E-state index is -0.866. The summed E-state index contributed by atoms with van der Waals surface area (Å²) in [5.74, 6) is 0.505. The van der Waals surface area contributed by atoms with Crippen LogP contribution in [0, 0.1) is 0 Å². The lowest BCUT2D eigenvalue weighted by Crippen LogP contribution is -2.33. The van der Waals surface area contributed by atoms with E-state index in [1.165, 1.54) is 0 Å². The van der Waals surface area contributed by atoms with E-state index in [0.717, 1.165) is 12.0 Å². The van der Waals surface area contributed by atoms with Crippen molar-refractivity contribution in [2.45, 2.75) is 32.9 Å². The third-order valence-electron chi connectivity index (χ3n) is 2.67. The molecule has 2 N–H and O–H groups in total. The van der Waals surface area contributed by atoms with Crippen LogP contribution in [0.1, 0.15) is 25.8 Å². The van der Waals surface area contributed by atoms with Crippen LogP contribution in [0.15, 0.2) is 18.2 Å². The van der Waals surface area contributed by atoms with Crippen molar-refractivity contribution in [1.29, 1.82) is 0 Å². The highest BCUT2D eigenvalue weighted by molar-refractivity contribution is 5.72. The molecule has 1 rings (SSSR count). The van der Waals surface area contributed by atoms with Crippen LogP contribution in [0.3, 0.4) is 0 Å². The van der Waals surface area contributed by atoms with Crippen molar-refractivity contribution >= 4 is 5.97 Å². The van der Waals surface area contributed by atoms with Crippen molar-refractivity contribution in [3.63, 3.8) is 0 Å². The molecule has 0 unspecified atom stereocenters. The fourth-order valence-electron chi connectivity index (χ4n) is 1.51. The van der Waals surface area contributed by atoms with Gasteiger partial charge in [0.05, 0.1) is 13.7 Å². The van der Waals surface area contributed by atoms with Gasteiger partial charge in [0.25, 0.3) is 0 Å². The van der Waals surface area contributed by atoms with E-state index in [1.807, 2.05) is 25.1 Å². The lowest BCUT2D eigenvalue weighted by molar-refractivity contribution is -0.139. The molecule has 0 amide bonds. The van der Waals surface area contributed by atoms with Gasteiger partial charge in [0, 0.05) is 6.54 Å². The van der Waals surface area contributed by atoms with Gasteiger partial charge in [0.15, 0.2) is 11.5 Å². The summed E-state index contributed by atoms with van der Waals surface area (Å²) in [5.41, 5.74) is 0.953. The summed E-state index contributed by atoms with van der Waals surface area (Å²) in [6, 6.07) is 5.01. The average molecular weight is 267 g/mol. The van der Waals surface area contributed by atoms with E-state index in [1.54, 1.807) is 14.0 Å². The topological polar surface area (TPSA) is 67.8 Å². The second-order valence-electron chi connectivity index (χ2n) is 4.27. The number of carboxylic acids is 1. The maximum Gasteiger partial charge on any atom is 0.320 e. The Morgan fingerprint density at radius 3 is 2.74 bits per heavy atom. The molecule has 0 heterocycles. The standard InChI is InChI=1S/C14H21NO4/c1-4-7-19-12-6-5-11(8-13(12)18-3)9-15-10(2)14(16)17/h5-6,8,10,15H,4,7,9H2,1-3H3,(H,16,17)/t10-/m1/s1. The Balaban J connectivity index is 2.68. The highest BCUT2D eigenvalue weighted by Gasteiger charge is 2.10. The number of carbonyl (C=O) groups is 1. The smallest absolute Gasteiger partial charge is 0.320 e. The van der Waals surface area contributed by atoms with Gasteiger partial charge in [-0.1, -0.05) is 13.0 Å². The second kappa shape index (κ2) is 7.63. The summed E-state index contributed by atoms with van der Waals surface area (Å²) in [6.07, 6.45) is 0.933. The molecule has 0 bridgehead atoms. The lowest BCUT2D eigenvalue weighted by atomic mass is 10.2. The maximum atomic E-state index is 10.7. The summed E-state index contributed by atoms with van der Waals surface area (Å²) in [7, 11) is 1.59. The van der Waals surface area contributed by atoms with Crippen LogP contribution < -0.4 is 14.8 Å². The molecular weight excluding hydrogens is 246 g/mol. The maximum absolute atomic E-state index is 10.7. The lowest BCUT2D eigenvalue weighted by Gasteiger charge is -2.13. The minimum Gasteiger partial charge on any atom is -0.493 e. The Hall–Kier alpha value is -1.75. The number of hydrogen-bond acceptors (Lipinski definition) is 4. The van der Waals surface area contributed by atoms with Crippen molar-refractivity contribution in [2.24, 2.45) is 0 Å². The molecule has 19 heavy (non-hydrogen) atoms. The van der Waals surface area contributed by atoms with E-state index in [-0.39, 0.29) is 0 Å². The van der Waals surface area contributed by atoms with Gasteiger partial charge in [-0.05, 0) is 31.0 Å². The highest BCUT2D eigenvalue weighted by atomic mass is 16.5. The van der Waals surface area contributed by atoms with E-state index in [9.17, 15) is 4.79 Å². The molecule has 0 saturated heterocycles. The van der Waals surface area contributed by atoms with Gasteiger partial charge < -0.3 is 19.9 Å². The van der Waals surface area contributed by atoms with Gasteiger partial charge in [-0.15, -0.1) is 0 Å². The number of aliphatic carboxylic acids is 1. The second-order valence-corrected chi connectivity index (χ2v) is 4.27. The van der Waals surface area contributed by atoms with E-state index in [4.69, 9.17) is 14.6 Å². The van der Waals surface area contributed by atoms with Crippen LogP contribution in [0.4, 0.5) is 0 Å². The number of ether oxygens (including phenoxy) is 2. The van der Waals surface area contributed by atoms with Gasteiger partial charge in [0.2, 0.25) is 0 Å². The van der Waals surface area contributed by atoms with Crippen molar-refractivity contribution in [3.8, 4) is 11.5 Å². The monoisotopic (exact) mass is 267 g/mol. The molecule has 0 fully saturated rings. The van der Waals surface area contributed by atoms with Gasteiger partial charge in [-0.3, -0.25) is 4.79 Å². The van der Waals surface area contributed by atoms with Gasteiger partial charge in [-0.25, -0.2) is 0 Å². The van der Waals surface area contributed by atoms with E-state index in [0.29, 0.717) is 24.7 Å². The first-order chi connectivity index (χ1) is 9.08. The highest BCUT2D eigenvalue weighted by Crippen LogP contribution is 2.28. The summed E-state index contributed by atoms with van der Waals surface area (Å²) in [4.78, 5) is 10.7. The minimum absolute atomic E-state index is 0.470. The zero-order valence-electron chi connectivity index (χ0n) is 11.6. The Morgan fingerprint density at radius 1 is 1.42 bits per heavy atom. The number of carboxylic acid groups (broad SMARTS) is 1. The molecule has 0 aliphatic heterocycles. The number of hydrogen-bond donors (Lipinski definition) is 2. The zero-order valence-corrected chi connectivity index (χ0v) is 11.6.